The van der Waals surface area contributed by atoms with E-state index < -0.39 is 0 Å². The average Bonchev–Trinajstić information content (AvgIpc) is 2.63. The highest BCUT2D eigenvalue weighted by molar-refractivity contribution is 9.10. The topological polar surface area (TPSA) is 38.9 Å². The maximum Gasteiger partial charge on any atom is 0.0586 e. The molecule has 0 aliphatic heterocycles. The molecule has 78 valence electrons. The molecular formula is C11H11BrN2S. The van der Waals surface area contributed by atoms with Gasteiger partial charge in [0.05, 0.1) is 6.04 Å². The van der Waals surface area contributed by atoms with E-state index in [1.54, 1.807) is 11.3 Å². The molecule has 2 rings (SSSR count). The zero-order valence-corrected chi connectivity index (χ0v) is 10.7. The van der Waals surface area contributed by atoms with E-state index >= 15 is 0 Å². The van der Waals surface area contributed by atoms with Crippen LogP contribution in [0.2, 0.25) is 0 Å². The molecular weight excluding hydrogens is 272 g/mol. The van der Waals surface area contributed by atoms with Crippen molar-refractivity contribution in [2.45, 2.75) is 13.0 Å². The molecule has 0 saturated carbocycles. The molecule has 2 nitrogen and oxygen atoms in total. The van der Waals surface area contributed by atoms with Crippen molar-refractivity contribution in [3.63, 3.8) is 0 Å². The Morgan fingerprint density at radius 3 is 2.80 bits per heavy atom. The van der Waals surface area contributed by atoms with Crippen LogP contribution >= 0.6 is 27.3 Å². The van der Waals surface area contributed by atoms with Crippen LogP contribution in [0.5, 0.6) is 0 Å². The van der Waals surface area contributed by atoms with Crippen LogP contribution in [-0.2, 0) is 0 Å². The first-order chi connectivity index (χ1) is 7.18. The molecule has 2 heterocycles. The molecule has 0 aliphatic rings. The highest BCUT2D eigenvalue weighted by atomic mass is 79.9. The maximum absolute atomic E-state index is 6.17. The van der Waals surface area contributed by atoms with Gasteiger partial charge in [-0.05, 0) is 44.9 Å². The summed E-state index contributed by atoms with van der Waals surface area (Å²) in [6, 6.07) is 1.97. The molecule has 0 bridgehead atoms. The van der Waals surface area contributed by atoms with E-state index in [0.717, 1.165) is 21.2 Å². The second-order valence-electron chi connectivity index (χ2n) is 3.45. The first-order valence-corrected chi connectivity index (χ1v) is 6.31. The van der Waals surface area contributed by atoms with Crippen LogP contribution < -0.4 is 5.73 Å². The number of aryl methyl sites for hydroxylation is 1. The lowest BCUT2D eigenvalue weighted by atomic mass is 10.0. The Hall–Kier alpha value is -0.710. The van der Waals surface area contributed by atoms with E-state index in [4.69, 9.17) is 5.73 Å². The Balaban J connectivity index is 2.36. The van der Waals surface area contributed by atoms with Gasteiger partial charge in [-0.2, -0.15) is 11.3 Å². The summed E-state index contributed by atoms with van der Waals surface area (Å²) in [6.45, 7) is 2.02. The molecule has 0 fully saturated rings. The molecule has 15 heavy (non-hydrogen) atoms. The number of rotatable bonds is 2. The van der Waals surface area contributed by atoms with E-state index in [2.05, 4.69) is 32.4 Å². The summed E-state index contributed by atoms with van der Waals surface area (Å²) in [5.74, 6) is 0. The number of aromatic nitrogens is 1. The van der Waals surface area contributed by atoms with Gasteiger partial charge in [0.1, 0.15) is 0 Å². The molecule has 2 aromatic heterocycles. The zero-order valence-electron chi connectivity index (χ0n) is 8.27. The number of nitrogens with two attached hydrogens (primary N) is 1. The highest BCUT2D eigenvalue weighted by Gasteiger charge is 2.13. The average molecular weight is 283 g/mol. The van der Waals surface area contributed by atoms with E-state index in [9.17, 15) is 0 Å². The van der Waals surface area contributed by atoms with Crippen LogP contribution in [0.3, 0.4) is 0 Å². The lowest BCUT2D eigenvalue weighted by Crippen LogP contribution is -2.11. The second-order valence-corrected chi connectivity index (χ2v) is 5.05. The van der Waals surface area contributed by atoms with Crippen LogP contribution in [0.25, 0.3) is 0 Å². The lowest BCUT2D eigenvalue weighted by Gasteiger charge is -2.11. The Labute approximate surface area is 101 Å². The molecule has 0 radical (unpaired) electrons. The van der Waals surface area contributed by atoms with Crippen molar-refractivity contribution in [1.29, 1.82) is 0 Å². The molecule has 0 amide bonds. The fourth-order valence-electron chi connectivity index (χ4n) is 1.44. The van der Waals surface area contributed by atoms with Crippen molar-refractivity contribution in [2.24, 2.45) is 5.73 Å². The minimum absolute atomic E-state index is 0.0991. The van der Waals surface area contributed by atoms with Gasteiger partial charge in [-0.15, -0.1) is 0 Å². The summed E-state index contributed by atoms with van der Waals surface area (Å²) in [6.07, 6.45) is 3.65. The zero-order chi connectivity index (χ0) is 10.8. The summed E-state index contributed by atoms with van der Waals surface area (Å²) in [4.78, 5) is 4.15. The Morgan fingerprint density at radius 1 is 1.40 bits per heavy atom. The van der Waals surface area contributed by atoms with Crippen LogP contribution in [0, 0.1) is 6.92 Å². The van der Waals surface area contributed by atoms with Crippen molar-refractivity contribution >= 4 is 27.3 Å². The summed E-state index contributed by atoms with van der Waals surface area (Å²) >= 11 is 5.14. The number of hydrogen-bond donors (Lipinski definition) is 1. The van der Waals surface area contributed by atoms with Crippen molar-refractivity contribution in [2.75, 3.05) is 0 Å². The first kappa shape index (κ1) is 10.8. The predicted octanol–water partition coefficient (Wildman–Crippen LogP) is 3.26. The third-order valence-corrected chi connectivity index (χ3v) is 3.98. The summed E-state index contributed by atoms with van der Waals surface area (Å²) in [5, 5.41) is 4.11. The predicted molar refractivity (Wildman–Crippen MR) is 67.0 cm³/mol. The minimum Gasteiger partial charge on any atom is -0.320 e. The monoisotopic (exact) mass is 282 g/mol. The molecule has 0 aliphatic carbocycles. The van der Waals surface area contributed by atoms with Gasteiger partial charge < -0.3 is 5.73 Å². The summed E-state index contributed by atoms with van der Waals surface area (Å²) < 4.78 is 1.07. The third kappa shape index (κ3) is 2.27. The van der Waals surface area contributed by atoms with E-state index in [1.807, 2.05) is 24.7 Å². The number of nitrogens with zero attached hydrogens (tertiary/aromatic N) is 1. The Bertz CT molecular complexity index is 467. The van der Waals surface area contributed by atoms with Gasteiger partial charge in [0.15, 0.2) is 0 Å². The smallest absolute Gasteiger partial charge is 0.0586 e. The molecule has 2 N–H and O–H groups in total. The van der Waals surface area contributed by atoms with E-state index in [0.29, 0.717) is 0 Å². The fourth-order valence-corrected chi connectivity index (χ4v) is 3.02. The molecule has 2 aromatic rings. The number of halogens is 1. The van der Waals surface area contributed by atoms with Crippen LogP contribution in [0.1, 0.15) is 22.7 Å². The molecule has 0 aromatic carbocycles. The van der Waals surface area contributed by atoms with Gasteiger partial charge in [-0.25, -0.2) is 0 Å². The Kier molecular flexibility index (Phi) is 3.19. The lowest BCUT2D eigenvalue weighted by molar-refractivity contribution is 0.861. The van der Waals surface area contributed by atoms with Gasteiger partial charge in [0, 0.05) is 22.2 Å². The number of pyridine rings is 1. The van der Waals surface area contributed by atoms with E-state index in [-0.39, 0.29) is 6.04 Å². The molecule has 0 spiro atoms. The number of thiophene rings is 1. The van der Waals surface area contributed by atoms with E-state index in [1.165, 1.54) is 0 Å². The normalized spacial score (nSPS) is 12.7. The summed E-state index contributed by atoms with van der Waals surface area (Å²) in [5.41, 5.74) is 9.47. The largest absolute Gasteiger partial charge is 0.320 e. The number of hydrogen-bond acceptors (Lipinski definition) is 3. The van der Waals surface area contributed by atoms with Crippen LogP contribution in [0.15, 0.2) is 33.7 Å². The van der Waals surface area contributed by atoms with Crippen LogP contribution in [0.4, 0.5) is 0 Å². The van der Waals surface area contributed by atoms with Crippen molar-refractivity contribution in [1.82, 2.24) is 4.98 Å². The van der Waals surface area contributed by atoms with Gasteiger partial charge in [0.25, 0.3) is 0 Å². The molecule has 4 heteroatoms. The van der Waals surface area contributed by atoms with Crippen LogP contribution in [-0.4, -0.2) is 4.98 Å². The molecule has 1 atom stereocenters. The highest BCUT2D eigenvalue weighted by Crippen LogP contribution is 2.29. The van der Waals surface area contributed by atoms with Gasteiger partial charge in [-0.3, -0.25) is 4.98 Å². The Morgan fingerprint density at radius 2 is 2.20 bits per heavy atom. The first-order valence-electron chi connectivity index (χ1n) is 4.57. The SMILES string of the molecule is Cc1cncc(C(N)c2cscc2Br)c1. The maximum atomic E-state index is 6.17. The minimum atomic E-state index is -0.0991. The fraction of sp³-hybridized carbons (Fsp3) is 0.182. The third-order valence-electron chi connectivity index (χ3n) is 2.23. The van der Waals surface area contributed by atoms with Crippen molar-refractivity contribution in [3.05, 3.63) is 50.4 Å². The van der Waals surface area contributed by atoms with Gasteiger partial charge in [0.2, 0.25) is 0 Å². The quantitative estimate of drug-likeness (QED) is 0.918. The summed E-state index contributed by atoms with van der Waals surface area (Å²) in [7, 11) is 0. The van der Waals surface area contributed by atoms with Gasteiger partial charge in [-0.1, -0.05) is 6.07 Å². The van der Waals surface area contributed by atoms with Gasteiger partial charge >= 0.3 is 0 Å². The molecule has 0 saturated heterocycles. The second kappa shape index (κ2) is 4.43. The van der Waals surface area contributed by atoms with Crippen molar-refractivity contribution in [3.8, 4) is 0 Å². The van der Waals surface area contributed by atoms with Crippen molar-refractivity contribution < 1.29 is 0 Å². The molecule has 1 unspecified atom stereocenters. The standard InChI is InChI=1S/C11H11BrN2S/c1-7-2-8(4-14-3-7)11(13)9-5-15-6-10(9)12/h2-6,11H,13H2,1H3.